The van der Waals surface area contributed by atoms with Crippen molar-refractivity contribution in [3.63, 3.8) is 0 Å². The Kier molecular flexibility index (Phi) is 5.45. The number of carbonyl (C=O) groups excluding carboxylic acids is 1. The molecule has 1 saturated carbocycles. The summed E-state index contributed by atoms with van der Waals surface area (Å²) in [7, 11) is 1.69. The number of fused-ring (bicyclic) bond motifs is 2. The molecule has 0 radical (unpaired) electrons. The Hall–Kier alpha value is -3.11. The van der Waals surface area contributed by atoms with E-state index in [1.807, 2.05) is 23.9 Å². The second kappa shape index (κ2) is 8.53. The molecule has 4 aromatic rings. The molecule has 3 N–H and O–H groups in total. The number of anilines is 1. The van der Waals surface area contributed by atoms with E-state index < -0.39 is 0 Å². The number of nitrogens with zero attached hydrogens (tertiary/aromatic N) is 5. The van der Waals surface area contributed by atoms with E-state index in [2.05, 4.69) is 60.0 Å². The predicted octanol–water partition coefficient (Wildman–Crippen LogP) is 3.53. The van der Waals surface area contributed by atoms with Crippen LogP contribution in [-0.4, -0.2) is 56.8 Å². The molecule has 10 heteroatoms. The zero-order chi connectivity index (χ0) is 24.2. The Labute approximate surface area is 211 Å². The van der Waals surface area contributed by atoms with Crippen LogP contribution in [0.3, 0.4) is 0 Å². The summed E-state index contributed by atoms with van der Waals surface area (Å²) in [5.74, 6) is 1.06. The van der Waals surface area contributed by atoms with E-state index in [0.717, 1.165) is 60.0 Å². The van der Waals surface area contributed by atoms with Gasteiger partial charge in [0.25, 0.3) is 0 Å². The minimum absolute atomic E-state index is 0.0865. The quantitative estimate of drug-likeness (QED) is 0.359. The van der Waals surface area contributed by atoms with Gasteiger partial charge in [-0.3, -0.25) is 9.78 Å². The number of pyridine rings is 1. The average Bonchev–Trinajstić information content (AvgIpc) is 3.37. The number of nitrogens with one attached hydrogen (secondary N) is 3. The van der Waals surface area contributed by atoms with E-state index >= 15 is 0 Å². The van der Waals surface area contributed by atoms with Gasteiger partial charge in [0.2, 0.25) is 11.9 Å². The van der Waals surface area contributed by atoms with Crippen molar-refractivity contribution < 1.29 is 4.79 Å². The Morgan fingerprint density at radius 2 is 2.14 bits per heavy atom. The van der Waals surface area contributed by atoms with Crippen LogP contribution in [-0.2, 0) is 4.79 Å². The summed E-state index contributed by atoms with van der Waals surface area (Å²) in [5.41, 5.74) is 3.56. The highest BCUT2D eigenvalue weighted by molar-refractivity contribution is 9.10. The lowest BCUT2D eigenvalue weighted by Crippen LogP contribution is -2.40. The Morgan fingerprint density at radius 3 is 2.91 bits per heavy atom. The molecule has 0 bridgehead atoms. The number of carbonyl (C=O) groups is 1. The normalized spacial score (nSPS) is 22.4. The van der Waals surface area contributed by atoms with E-state index in [0.29, 0.717) is 16.5 Å². The molecule has 1 saturated heterocycles. The van der Waals surface area contributed by atoms with Gasteiger partial charge in [0, 0.05) is 55.3 Å². The molecule has 1 amide bonds. The molecule has 2 aliphatic rings. The number of halogens is 1. The first-order valence-electron chi connectivity index (χ1n) is 11.9. The number of hydrogen-bond acceptors (Lipinski definition) is 7. The standard InChI is InChI=1S/C25H27BrN8O/c1-25(23(35)27-2)6-5-16(10-25)31-24-30-13-19-21(26)33-34(22(19)32-24)17-8-14-4-3-7-29-20(14)18(9-17)15-11-28-12-15/h3-4,7-9,13,15-16,28H,5-6,10-12H2,1-2H3,(H,27,35)(H,30,31,32)/t16-,25-/m1/s1. The lowest BCUT2D eigenvalue weighted by atomic mass is 9.87. The van der Waals surface area contributed by atoms with E-state index in [1.165, 1.54) is 5.56 Å². The summed E-state index contributed by atoms with van der Waals surface area (Å²) >= 11 is 3.59. The van der Waals surface area contributed by atoms with E-state index in [9.17, 15) is 4.79 Å². The molecular weight excluding hydrogens is 508 g/mol. The Morgan fingerprint density at radius 1 is 1.29 bits per heavy atom. The molecule has 0 spiro atoms. The fourth-order valence-corrected chi connectivity index (χ4v) is 5.76. The first-order valence-corrected chi connectivity index (χ1v) is 12.7. The highest BCUT2D eigenvalue weighted by atomic mass is 79.9. The summed E-state index contributed by atoms with van der Waals surface area (Å²) in [6, 6.07) is 8.48. The highest BCUT2D eigenvalue weighted by Gasteiger charge is 2.41. The van der Waals surface area contributed by atoms with Crippen molar-refractivity contribution in [1.82, 2.24) is 35.4 Å². The van der Waals surface area contributed by atoms with Gasteiger partial charge in [-0.1, -0.05) is 13.0 Å². The third kappa shape index (κ3) is 3.84. The summed E-state index contributed by atoms with van der Waals surface area (Å²) in [5, 5.41) is 16.3. The zero-order valence-corrected chi connectivity index (χ0v) is 21.3. The summed E-state index contributed by atoms with van der Waals surface area (Å²) in [6.07, 6.45) is 6.11. The van der Waals surface area contributed by atoms with Gasteiger partial charge in [0.05, 0.1) is 16.6 Å². The fraction of sp³-hybridized carbons (Fsp3) is 0.400. The zero-order valence-electron chi connectivity index (χ0n) is 19.7. The SMILES string of the molecule is CNC(=O)[C@]1(C)CC[C@@H](Nc2ncc3c(Br)nn(-c4cc(C5CNC5)c5ncccc5c4)c3n2)C1. The first kappa shape index (κ1) is 22.4. The van der Waals surface area contributed by atoms with Crippen molar-refractivity contribution in [3.8, 4) is 5.69 Å². The highest BCUT2D eigenvalue weighted by Crippen LogP contribution is 2.39. The van der Waals surface area contributed by atoms with Gasteiger partial charge in [0.1, 0.15) is 4.60 Å². The molecule has 3 aromatic heterocycles. The summed E-state index contributed by atoms with van der Waals surface area (Å²) < 4.78 is 2.57. The number of benzene rings is 1. The van der Waals surface area contributed by atoms with Crippen LogP contribution >= 0.6 is 15.9 Å². The van der Waals surface area contributed by atoms with E-state index in [4.69, 9.17) is 10.1 Å². The van der Waals surface area contributed by atoms with Crippen LogP contribution < -0.4 is 16.0 Å². The molecule has 4 heterocycles. The molecule has 1 aromatic carbocycles. The van der Waals surface area contributed by atoms with Gasteiger partial charge in [0.15, 0.2) is 5.65 Å². The number of aromatic nitrogens is 5. The van der Waals surface area contributed by atoms with Crippen LogP contribution in [0.2, 0.25) is 0 Å². The number of amides is 1. The van der Waals surface area contributed by atoms with Crippen LogP contribution in [0.25, 0.3) is 27.6 Å². The third-order valence-electron chi connectivity index (χ3n) is 7.41. The van der Waals surface area contributed by atoms with Gasteiger partial charge in [-0.2, -0.15) is 10.1 Å². The van der Waals surface area contributed by atoms with Crippen molar-refractivity contribution in [1.29, 1.82) is 0 Å². The molecule has 35 heavy (non-hydrogen) atoms. The predicted molar refractivity (Wildman–Crippen MR) is 139 cm³/mol. The van der Waals surface area contributed by atoms with Gasteiger partial charge in [-0.05, 0) is 59.0 Å². The van der Waals surface area contributed by atoms with Crippen molar-refractivity contribution in [2.75, 3.05) is 25.5 Å². The monoisotopic (exact) mass is 534 g/mol. The third-order valence-corrected chi connectivity index (χ3v) is 8.00. The summed E-state index contributed by atoms with van der Waals surface area (Å²) in [6.45, 7) is 3.92. The van der Waals surface area contributed by atoms with E-state index in [1.54, 1.807) is 13.2 Å². The maximum Gasteiger partial charge on any atom is 0.225 e. The maximum absolute atomic E-state index is 12.3. The lowest BCUT2D eigenvalue weighted by molar-refractivity contribution is -0.129. The Balaban J connectivity index is 1.37. The van der Waals surface area contributed by atoms with Crippen molar-refractivity contribution >= 4 is 49.7 Å². The molecule has 180 valence electrons. The van der Waals surface area contributed by atoms with E-state index in [-0.39, 0.29) is 17.4 Å². The van der Waals surface area contributed by atoms with Gasteiger partial charge in [-0.15, -0.1) is 0 Å². The molecule has 2 atom stereocenters. The molecule has 1 aliphatic heterocycles. The minimum atomic E-state index is -0.368. The molecule has 0 unspecified atom stereocenters. The Bertz CT molecular complexity index is 1450. The first-order chi connectivity index (χ1) is 16.9. The number of hydrogen-bond donors (Lipinski definition) is 3. The van der Waals surface area contributed by atoms with Crippen molar-refractivity contribution in [3.05, 3.63) is 46.8 Å². The van der Waals surface area contributed by atoms with Crippen molar-refractivity contribution in [2.24, 2.45) is 5.41 Å². The topological polar surface area (TPSA) is 110 Å². The molecular formula is C25H27BrN8O. The fourth-order valence-electron chi connectivity index (χ4n) is 5.32. The molecule has 2 fully saturated rings. The maximum atomic E-state index is 12.3. The van der Waals surface area contributed by atoms with Crippen molar-refractivity contribution in [2.45, 2.75) is 38.1 Å². The van der Waals surface area contributed by atoms with Gasteiger partial charge >= 0.3 is 0 Å². The van der Waals surface area contributed by atoms with Crippen LogP contribution in [0.4, 0.5) is 5.95 Å². The minimum Gasteiger partial charge on any atom is -0.359 e. The average molecular weight is 535 g/mol. The van der Waals surface area contributed by atoms with Crippen LogP contribution in [0.1, 0.15) is 37.7 Å². The molecule has 6 rings (SSSR count). The van der Waals surface area contributed by atoms with Gasteiger partial charge in [-0.25, -0.2) is 9.67 Å². The molecule has 1 aliphatic carbocycles. The van der Waals surface area contributed by atoms with Crippen LogP contribution in [0, 0.1) is 5.41 Å². The van der Waals surface area contributed by atoms with Gasteiger partial charge < -0.3 is 16.0 Å². The second-order valence-corrected chi connectivity index (χ2v) is 10.6. The number of rotatable bonds is 5. The smallest absolute Gasteiger partial charge is 0.225 e. The van der Waals surface area contributed by atoms with Crippen LogP contribution in [0.15, 0.2) is 41.3 Å². The summed E-state index contributed by atoms with van der Waals surface area (Å²) in [4.78, 5) is 26.4. The largest absolute Gasteiger partial charge is 0.359 e. The molecule has 9 nitrogen and oxygen atoms in total. The second-order valence-electron chi connectivity index (χ2n) is 9.82. The van der Waals surface area contributed by atoms with Crippen LogP contribution in [0.5, 0.6) is 0 Å². The lowest BCUT2D eigenvalue weighted by Gasteiger charge is -2.28.